The van der Waals surface area contributed by atoms with Crippen LogP contribution in [0.5, 0.6) is 11.5 Å². The number of nitrogens with one attached hydrogen (secondary N) is 1. The molecule has 184 valence electrons. The molecule has 3 saturated carbocycles. The zero-order valence-corrected chi connectivity index (χ0v) is 21.7. The fraction of sp³-hybridized carbons (Fsp3) is 0.400. The molecule has 2 aromatic carbocycles. The molecule has 6 rings (SSSR count). The molecule has 3 aliphatic carbocycles. The van der Waals surface area contributed by atoms with Gasteiger partial charge in [-0.2, -0.15) is 5.26 Å². The van der Waals surface area contributed by atoms with E-state index in [-0.39, 0.29) is 23.7 Å². The summed E-state index contributed by atoms with van der Waals surface area (Å²) in [5.74, 6) is 1.40. The molecular weight excluding hydrogens is 509 g/mol. The first-order valence-corrected chi connectivity index (χ1v) is 14.1. The Labute approximate surface area is 214 Å². The smallest absolute Gasteiger partial charge is 0.209 e. The Morgan fingerprint density at radius 3 is 2.63 bits per heavy atom. The topological polar surface area (TPSA) is 93.3 Å². The molecule has 3 aromatic rings. The first-order chi connectivity index (χ1) is 16.6. The van der Waals surface area contributed by atoms with Crippen molar-refractivity contribution in [1.82, 2.24) is 9.29 Å². The molecule has 1 aromatic heterocycles. The van der Waals surface area contributed by atoms with E-state index >= 15 is 0 Å². The van der Waals surface area contributed by atoms with Crippen LogP contribution in [0.3, 0.4) is 0 Å². The lowest BCUT2D eigenvalue weighted by Gasteiger charge is -2.71. The number of benzene rings is 2. The molecule has 0 amide bonds. The number of fused-ring (bicyclic) bond motifs is 1. The number of hydrogen-bond donors (Lipinski definition) is 1. The number of rotatable bonds is 9. The maximum absolute atomic E-state index is 11.6. The standard InChI is InChI=1S/C25H25Cl2N3O4S/c1-16(24-13-25(14-24,15-24)29-35(2,31)32)34-20-3-4-22-17(10-20)5-7-30(22)19-9-18(12-28)23(21(27)11-19)33-8-6-26/h3-5,7,9-11,16,29H,6,8,13-15H2,1-2H3. The Morgan fingerprint density at radius 1 is 1.23 bits per heavy atom. The molecule has 10 heteroatoms. The molecule has 3 aliphatic rings. The van der Waals surface area contributed by atoms with Crippen LogP contribution in [0, 0.1) is 16.7 Å². The third-order valence-corrected chi connectivity index (χ3v) is 8.30. The summed E-state index contributed by atoms with van der Waals surface area (Å²) < 4.78 is 39.8. The van der Waals surface area contributed by atoms with Crippen molar-refractivity contribution in [2.75, 3.05) is 18.7 Å². The van der Waals surface area contributed by atoms with Gasteiger partial charge in [0.1, 0.15) is 24.5 Å². The van der Waals surface area contributed by atoms with Crippen molar-refractivity contribution in [2.45, 2.75) is 37.8 Å². The van der Waals surface area contributed by atoms with E-state index in [0.29, 0.717) is 22.2 Å². The van der Waals surface area contributed by atoms with Gasteiger partial charge in [-0.25, -0.2) is 13.1 Å². The van der Waals surface area contributed by atoms with Crippen LogP contribution >= 0.6 is 23.2 Å². The summed E-state index contributed by atoms with van der Waals surface area (Å²) in [4.78, 5) is 0. The number of sulfonamides is 1. The van der Waals surface area contributed by atoms with E-state index in [1.54, 1.807) is 12.1 Å². The van der Waals surface area contributed by atoms with E-state index in [1.165, 1.54) is 6.26 Å². The Hall–Kier alpha value is -2.44. The summed E-state index contributed by atoms with van der Waals surface area (Å²) in [7, 11) is -3.21. The number of aromatic nitrogens is 1. The van der Waals surface area contributed by atoms with E-state index in [2.05, 4.69) is 17.7 Å². The molecule has 2 bridgehead atoms. The van der Waals surface area contributed by atoms with Crippen LogP contribution in [0.2, 0.25) is 5.02 Å². The van der Waals surface area contributed by atoms with Crippen LogP contribution in [-0.2, 0) is 10.0 Å². The van der Waals surface area contributed by atoms with Gasteiger partial charge >= 0.3 is 0 Å². The molecule has 0 saturated heterocycles. The molecule has 0 aliphatic heterocycles. The maximum Gasteiger partial charge on any atom is 0.209 e. The van der Waals surface area contributed by atoms with E-state index < -0.39 is 10.0 Å². The molecule has 1 unspecified atom stereocenters. The molecule has 35 heavy (non-hydrogen) atoms. The van der Waals surface area contributed by atoms with Crippen LogP contribution in [0.4, 0.5) is 0 Å². The van der Waals surface area contributed by atoms with Gasteiger partial charge in [-0.15, -0.1) is 11.6 Å². The number of alkyl halides is 1. The normalized spacial score (nSPS) is 23.7. The highest BCUT2D eigenvalue weighted by molar-refractivity contribution is 7.88. The zero-order valence-electron chi connectivity index (χ0n) is 19.3. The van der Waals surface area contributed by atoms with Crippen LogP contribution < -0.4 is 14.2 Å². The first kappa shape index (κ1) is 24.3. The molecule has 7 nitrogen and oxygen atoms in total. The van der Waals surface area contributed by atoms with Crippen molar-refractivity contribution in [2.24, 2.45) is 5.41 Å². The maximum atomic E-state index is 11.6. The summed E-state index contributed by atoms with van der Waals surface area (Å²) >= 11 is 12.1. The van der Waals surface area contributed by atoms with E-state index in [1.807, 2.05) is 35.0 Å². The highest BCUT2D eigenvalue weighted by atomic mass is 35.5. The van der Waals surface area contributed by atoms with Crippen LogP contribution in [0.1, 0.15) is 31.7 Å². The Morgan fingerprint density at radius 2 is 1.97 bits per heavy atom. The lowest BCUT2D eigenvalue weighted by molar-refractivity contribution is -0.193. The van der Waals surface area contributed by atoms with Gasteiger partial charge in [0.2, 0.25) is 10.0 Å². The molecule has 1 atom stereocenters. The summed E-state index contributed by atoms with van der Waals surface area (Å²) in [6, 6.07) is 13.5. The Kier molecular flexibility index (Phi) is 5.96. The highest BCUT2D eigenvalue weighted by Crippen LogP contribution is 2.69. The van der Waals surface area contributed by atoms with Crippen molar-refractivity contribution in [3.63, 3.8) is 0 Å². The van der Waals surface area contributed by atoms with Crippen molar-refractivity contribution >= 4 is 44.1 Å². The Bertz CT molecular complexity index is 1440. The molecule has 1 N–H and O–H groups in total. The fourth-order valence-corrected chi connectivity index (χ4v) is 6.98. The fourth-order valence-electron chi connectivity index (χ4n) is 5.64. The van der Waals surface area contributed by atoms with Crippen LogP contribution in [0.15, 0.2) is 42.6 Å². The lowest BCUT2D eigenvalue weighted by Crippen LogP contribution is -2.77. The zero-order chi connectivity index (χ0) is 25.0. The average Bonchev–Trinajstić information content (AvgIpc) is 3.16. The minimum atomic E-state index is -3.21. The molecule has 3 fully saturated rings. The summed E-state index contributed by atoms with van der Waals surface area (Å²) in [6.45, 7) is 2.32. The second kappa shape index (κ2) is 8.59. The average molecular weight is 534 g/mol. The molecule has 0 spiro atoms. The predicted octanol–water partition coefficient (Wildman–Crippen LogP) is 5.01. The number of halogens is 2. The molecule has 0 radical (unpaired) electrons. The van der Waals surface area contributed by atoms with Crippen molar-refractivity contribution in [3.8, 4) is 23.3 Å². The van der Waals surface area contributed by atoms with Crippen molar-refractivity contribution in [1.29, 1.82) is 5.26 Å². The van der Waals surface area contributed by atoms with Gasteiger partial charge in [-0.05, 0) is 62.6 Å². The minimum Gasteiger partial charge on any atom is -0.490 e. The van der Waals surface area contributed by atoms with E-state index in [0.717, 1.165) is 41.6 Å². The second-order valence-corrected chi connectivity index (χ2v) is 12.2. The largest absolute Gasteiger partial charge is 0.490 e. The number of hydrogen-bond acceptors (Lipinski definition) is 5. The third kappa shape index (κ3) is 4.36. The SMILES string of the molecule is CC(Oc1ccc2c(ccn2-c2cc(Cl)c(OCCCl)c(C#N)c2)c1)C12CC(NS(C)(=O)=O)(C1)C2. The van der Waals surface area contributed by atoms with Gasteiger partial charge < -0.3 is 14.0 Å². The van der Waals surface area contributed by atoms with Gasteiger partial charge in [0.25, 0.3) is 0 Å². The predicted molar refractivity (Wildman–Crippen MR) is 136 cm³/mol. The summed E-state index contributed by atoms with van der Waals surface area (Å²) in [6.07, 6.45) is 5.52. The third-order valence-electron chi connectivity index (χ3n) is 7.06. The van der Waals surface area contributed by atoms with Crippen LogP contribution in [-0.4, -0.2) is 43.4 Å². The van der Waals surface area contributed by atoms with Gasteiger partial charge in [0.05, 0.1) is 28.2 Å². The highest BCUT2D eigenvalue weighted by Gasteiger charge is 2.71. The van der Waals surface area contributed by atoms with Gasteiger partial charge in [-0.3, -0.25) is 0 Å². The summed E-state index contributed by atoms with van der Waals surface area (Å²) in [5, 5.41) is 10.9. The van der Waals surface area contributed by atoms with Gasteiger partial charge in [0, 0.05) is 28.2 Å². The summed E-state index contributed by atoms with van der Waals surface area (Å²) in [5.41, 5.74) is 1.78. The molecule has 1 heterocycles. The quantitative estimate of drug-likeness (QED) is 0.390. The second-order valence-electron chi connectivity index (χ2n) is 9.67. The van der Waals surface area contributed by atoms with E-state index in [4.69, 9.17) is 32.7 Å². The molecular formula is C25H25Cl2N3O4S. The minimum absolute atomic E-state index is 0.0241. The number of ether oxygens (including phenoxy) is 2. The first-order valence-electron chi connectivity index (χ1n) is 11.3. The van der Waals surface area contributed by atoms with Gasteiger partial charge in [0.15, 0.2) is 5.75 Å². The van der Waals surface area contributed by atoms with Crippen molar-refractivity contribution in [3.05, 3.63) is 53.2 Å². The van der Waals surface area contributed by atoms with Crippen molar-refractivity contribution < 1.29 is 17.9 Å². The lowest BCUT2D eigenvalue weighted by atomic mass is 9.38. The van der Waals surface area contributed by atoms with Crippen LogP contribution in [0.25, 0.3) is 16.6 Å². The monoisotopic (exact) mass is 533 g/mol. The Balaban J connectivity index is 1.33. The van der Waals surface area contributed by atoms with E-state index in [9.17, 15) is 13.7 Å². The number of nitriles is 1. The van der Waals surface area contributed by atoms with Gasteiger partial charge in [-0.1, -0.05) is 11.6 Å². The number of nitrogens with zero attached hydrogens (tertiary/aromatic N) is 2.